The molecule has 15 rings (SSSR count). The van der Waals surface area contributed by atoms with Gasteiger partial charge in [-0.25, -0.2) is 0 Å². The Morgan fingerprint density at radius 2 is 0.825 bits per heavy atom. The number of fused-ring (bicyclic) bond motifs is 15. The van der Waals surface area contributed by atoms with Crippen LogP contribution < -0.4 is 0 Å². The number of rotatable bonds is 3. The molecule has 12 aliphatic carbocycles. The number of hydrogen-bond donors (Lipinski definition) is 1. The van der Waals surface area contributed by atoms with Gasteiger partial charge in [0.05, 0.1) is 5.60 Å². The topological polar surface area (TPSA) is 58.9 Å². The minimum Gasteiger partial charge on any atom is -0.385 e. The van der Waals surface area contributed by atoms with Crippen molar-refractivity contribution in [1.29, 1.82) is 0 Å². The van der Waals surface area contributed by atoms with Crippen molar-refractivity contribution in [2.45, 2.75) is 228 Å². The van der Waals surface area contributed by atoms with Crippen molar-refractivity contribution in [3.63, 3.8) is 0 Å². The van der Waals surface area contributed by atoms with Gasteiger partial charge in [0, 0.05) is 48.2 Å². The van der Waals surface area contributed by atoms with Crippen LogP contribution in [0.2, 0.25) is 0 Å². The lowest BCUT2D eigenvalue weighted by Crippen LogP contribution is -2.53. The van der Waals surface area contributed by atoms with E-state index in [9.17, 15) is 5.11 Å². The predicted molar refractivity (Wildman–Crippen MR) is 330 cm³/mol. The fourth-order valence-electron chi connectivity index (χ4n) is 23.6. The molecule has 0 amide bonds. The normalized spacial score (nSPS) is 47.5. The Labute approximate surface area is 485 Å². The molecule has 0 saturated heterocycles. The molecule has 430 valence electrons. The first kappa shape index (κ1) is 55.6. The molecule has 4 nitrogen and oxygen atoms in total. The van der Waals surface area contributed by atoms with Crippen LogP contribution in [-0.4, -0.2) is 20.1 Å². The predicted octanol–water partition coefficient (Wildman–Crippen LogP) is 19.5. The SMILES string of the molecule is C[C@H]1CC[C@@]2(C)C(=CCC3C2CC[C@@]2(C)C3CCC2(C)c2cccnc2)C1.C[C@H]1CC[C@@]2(C)C(=CCC3C2CC[C@@]2(C)C3CCC2(O)c2cccnc2)C1.C[C@H]1CC[C@@]2(C)C(=CCC3C2CC[C@]2(C)C(c4cccnc4)=CCC32)C1. The Morgan fingerprint density at radius 3 is 1.32 bits per heavy atom. The van der Waals surface area contributed by atoms with Gasteiger partial charge in [-0.3, -0.25) is 15.0 Å². The Bertz CT molecular complexity index is 2760. The van der Waals surface area contributed by atoms with E-state index < -0.39 is 5.60 Å². The Morgan fingerprint density at radius 1 is 0.400 bits per heavy atom. The van der Waals surface area contributed by atoms with E-state index in [2.05, 4.69) is 151 Å². The lowest BCUT2D eigenvalue weighted by atomic mass is 9.45. The molecule has 8 saturated carbocycles. The Kier molecular flexibility index (Phi) is 14.1. The van der Waals surface area contributed by atoms with Crippen LogP contribution in [0.3, 0.4) is 0 Å². The van der Waals surface area contributed by atoms with Crippen molar-refractivity contribution >= 4 is 5.57 Å². The lowest BCUT2D eigenvalue weighted by Gasteiger charge is -2.59. The van der Waals surface area contributed by atoms with Gasteiger partial charge in [-0.15, -0.1) is 0 Å². The van der Waals surface area contributed by atoms with Gasteiger partial charge >= 0.3 is 0 Å². The summed E-state index contributed by atoms with van der Waals surface area (Å²) in [6, 6.07) is 12.9. The molecule has 0 aliphatic heterocycles. The third-order valence-electron chi connectivity index (χ3n) is 28.8. The molecule has 0 bridgehead atoms. The Balaban J connectivity index is 0.000000113. The zero-order chi connectivity index (χ0) is 55.7. The molecule has 4 heteroatoms. The van der Waals surface area contributed by atoms with E-state index in [1.807, 2.05) is 42.0 Å². The molecule has 3 aromatic rings. The molecule has 12 aliphatic rings. The van der Waals surface area contributed by atoms with Gasteiger partial charge in [0.2, 0.25) is 0 Å². The molecule has 3 aromatic heterocycles. The van der Waals surface area contributed by atoms with Crippen molar-refractivity contribution in [2.24, 2.45) is 104 Å². The van der Waals surface area contributed by atoms with Crippen LogP contribution in [0, 0.1) is 104 Å². The number of nitrogens with zero attached hydrogens (tertiary/aromatic N) is 3. The van der Waals surface area contributed by atoms with Crippen LogP contribution in [0.5, 0.6) is 0 Å². The minimum atomic E-state index is -0.705. The molecule has 1 N–H and O–H groups in total. The van der Waals surface area contributed by atoms with Crippen LogP contribution >= 0.6 is 0 Å². The molecule has 0 spiro atoms. The third kappa shape index (κ3) is 8.40. The third-order valence-corrected chi connectivity index (χ3v) is 28.8. The van der Waals surface area contributed by atoms with Gasteiger partial charge in [0.25, 0.3) is 0 Å². The maximum atomic E-state index is 11.9. The molecule has 11 unspecified atom stereocenters. The van der Waals surface area contributed by atoms with Gasteiger partial charge in [-0.1, -0.05) is 128 Å². The summed E-state index contributed by atoms with van der Waals surface area (Å²) in [4.78, 5) is 13.2. The van der Waals surface area contributed by atoms with Crippen molar-refractivity contribution < 1.29 is 5.11 Å². The van der Waals surface area contributed by atoms with E-state index in [4.69, 9.17) is 0 Å². The average Bonchev–Trinajstić information content (AvgIpc) is 4.12. The molecule has 0 aromatic carbocycles. The number of hydrogen-bond acceptors (Lipinski definition) is 4. The summed E-state index contributed by atoms with van der Waals surface area (Å²) in [5.41, 5.74) is 12.7. The summed E-state index contributed by atoms with van der Waals surface area (Å²) in [5, 5.41) is 11.9. The first-order valence-electron chi connectivity index (χ1n) is 33.5. The largest absolute Gasteiger partial charge is 0.385 e. The zero-order valence-electron chi connectivity index (χ0n) is 51.7. The monoisotopic (exact) mass is 1080 g/mol. The molecule has 8 fully saturated rings. The highest BCUT2D eigenvalue weighted by Crippen LogP contribution is 2.72. The van der Waals surface area contributed by atoms with Gasteiger partial charge in [0.1, 0.15) is 0 Å². The van der Waals surface area contributed by atoms with Crippen LogP contribution in [0.25, 0.3) is 5.57 Å². The van der Waals surface area contributed by atoms with Crippen molar-refractivity contribution in [2.75, 3.05) is 0 Å². The highest BCUT2D eigenvalue weighted by atomic mass is 16.3. The molecule has 3 heterocycles. The standard InChI is InChI=1S/C26H37N.C25H35NO.C25H33N/c1-18-9-12-24(2)19(16-18)7-8-21-22(24)10-14-26(4)23(21)11-13-25(26,3)20-6-5-15-27-17-20;1-17-8-11-23(2)18(15-17)6-7-20-21(23)9-12-24(3)22(20)10-13-25(24,27)19-5-4-14-26-16-19;1-17-10-12-24(2)19(15-17)6-7-20-22-9-8-21(18-5-4-14-26-16-18)25(22,3)13-11-23(20)24/h5-7,15,17-18,21-23H,8-14,16H2,1-4H3;4-6,14,16-17,20-22,27H,7-13,15H2,1-3H3;4-6,8,14,16-17,20,22-23H,7,9-13,15H2,1-3H3/t18-,21?,22?,23?,24-,25?,26-;17-,20?,21?,22?,23-,24-,25?;17-,20?,22?,23?,24-,25+/m000/s1. The first-order valence-corrected chi connectivity index (χ1v) is 33.5. The maximum Gasteiger partial charge on any atom is 0.0967 e. The van der Waals surface area contributed by atoms with Gasteiger partial charge in [-0.2, -0.15) is 0 Å². The van der Waals surface area contributed by atoms with Crippen LogP contribution in [0.1, 0.15) is 234 Å². The van der Waals surface area contributed by atoms with Crippen molar-refractivity contribution in [1.82, 2.24) is 15.0 Å². The highest BCUT2D eigenvalue weighted by Gasteiger charge is 2.66. The molecular formula is C76H105N3O. The van der Waals surface area contributed by atoms with E-state index >= 15 is 0 Å². The summed E-state index contributed by atoms with van der Waals surface area (Å²) in [5.74, 6) is 10.2. The smallest absolute Gasteiger partial charge is 0.0967 e. The number of allylic oxidation sites excluding steroid dienone is 8. The molecule has 20 atom stereocenters. The van der Waals surface area contributed by atoms with Crippen LogP contribution in [0.4, 0.5) is 0 Å². The second-order valence-electron chi connectivity index (χ2n) is 32.0. The second-order valence-corrected chi connectivity index (χ2v) is 32.0. The fraction of sp³-hybridized carbons (Fsp3) is 0.697. The zero-order valence-corrected chi connectivity index (χ0v) is 51.7. The summed E-state index contributed by atoms with van der Waals surface area (Å²) in [6.07, 6.45) is 53.0. The summed E-state index contributed by atoms with van der Waals surface area (Å²) in [7, 11) is 0. The average molecular weight is 1080 g/mol. The first-order chi connectivity index (χ1) is 38.3. The molecule has 80 heavy (non-hydrogen) atoms. The van der Waals surface area contributed by atoms with Gasteiger partial charge in [-0.05, 0) is 286 Å². The van der Waals surface area contributed by atoms with Crippen LogP contribution in [0.15, 0.2) is 115 Å². The van der Waals surface area contributed by atoms with Gasteiger partial charge < -0.3 is 5.11 Å². The second kappa shape index (κ2) is 20.3. The summed E-state index contributed by atoms with van der Waals surface area (Å²) < 4.78 is 0. The van der Waals surface area contributed by atoms with Crippen molar-refractivity contribution in [3.8, 4) is 0 Å². The highest BCUT2D eigenvalue weighted by molar-refractivity contribution is 5.72. The number of pyridine rings is 3. The van der Waals surface area contributed by atoms with E-state index in [0.29, 0.717) is 38.4 Å². The summed E-state index contributed by atoms with van der Waals surface area (Å²) in [6.45, 7) is 25.3. The lowest BCUT2D eigenvalue weighted by molar-refractivity contribution is -0.128. The van der Waals surface area contributed by atoms with E-state index in [0.717, 1.165) is 83.5 Å². The number of aliphatic hydroxyl groups is 1. The quantitative estimate of drug-likeness (QED) is 0.266. The molecular weight excluding hydrogens is 971 g/mol. The van der Waals surface area contributed by atoms with E-state index in [1.165, 1.54) is 146 Å². The minimum absolute atomic E-state index is 0.0130. The van der Waals surface area contributed by atoms with E-state index in [-0.39, 0.29) is 5.41 Å². The summed E-state index contributed by atoms with van der Waals surface area (Å²) >= 11 is 0. The number of aromatic nitrogens is 3. The van der Waals surface area contributed by atoms with Crippen molar-refractivity contribution in [3.05, 3.63) is 131 Å². The Hall–Kier alpha value is -3.63. The fourth-order valence-corrected chi connectivity index (χ4v) is 23.6. The van der Waals surface area contributed by atoms with E-state index in [1.54, 1.807) is 11.1 Å². The van der Waals surface area contributed by atoms with Gasteiger partial charge in [0.15, 0.2) is 0 Å². The molecule has 0 radical (unpaired) electrons. The van der Waals surface area contributed by atoms with Crippen LogP contribution in [-0.2, 0) is 11.0 Å². The maximum absolute atomic E-state index is 11.9.